The molecule has 2 aromatic heterocycles. The Balaban J connectivity index is 1.49. The van der Waals surface area contributed by atoms with Gasteiger partial charge in [-0.1, -0.05) is 26.0 Å². The van der Waals surface area contributed by atoms with Gasteiger partial charge < -0.3 is 15.8 Å². The molecule has 0 atom stereocenters. The first-order valence-electron chi connectivity index (χ1n) is 8.53. The van der Waals surface area contributed by atoms with Gasteiger partial charge in [0.1, 0.15) is 17.9 Å². The average molecular weight is 340 g/mol. The van der Waals surface area contributed by atoms with Crippen LogP contribution in [0.4, 0.5) is 11.8 Å². The average Bonchev–Trinajstić information content (AvgIpc) is 3.05. The minimum Gasteiger partial charge on any atom is -0.494 e. The van der Waals surface area contributed by atoms with E-state index in [1.807, 2.05) is 18.2 Å². The zero-order valence-electron chi connectivity index (χ0n) is 14.6. The molecule has 0 saturated carbocycles. The second-order valence-corrected chi connectivity index (χ2v) is 6.41. The molecule has 132 valence electrons. The van der Waals surface area contributed by atoms with Crippen LogP contribution >= 0.6 is 0 Å². The van der Waals surface area contributed by atoms with Crippen molar-refractivity contribution in [3.8, 4) is 5.75 Å². The maximum Gasteiger partial charge on any atom is 0.209 e. The van der Waals surface area contributed by atoms with E-state index in [0.29, 0.717) is 23.3 Å². The van der Waals surface area contributed by atoms with Crippen molar-refractivity contribution in [3.63, 3.8) is 0 Å². The molecule has 2 heterocycles. The fraction of sp³-hybridized carbons (Fsp3) is 0.389. The van der Waals surface area contributed by atoms with Crippen LogP contribution in [0.1, 0.15) is 25.8 Å². The summed E-state index contributed by atoms with van der Waals surface area (Å²) >= 11 is 0. The highest BCUT2D eigenvalue weighted by Gasteiger charge is 2.04. The normalized spacial score (nSPS) is 11.2. The molecule has 0 aliphatic carbocycles. The molecule has 3 aromatic rings. The molecule has 0 aliphatic heterocycles. The lowest BCUT2D eigenvalue weighted by Gasteiger charge is -2.10. The second-order valence-electron chi connectivity index (χ2n) is 6.41. The van der Waals surface area contributed by atoms with Crippen molar-refractivity contribution < 1.29 is 4.74 Å². The Kier molecular flexibility index (Phi) is 5.33. The highest BCUT2D eigenvalue weighted by Crippen LogP contribution is 2.15. The lowest BCUT2D eigenvalue weighted by Crippen LogP contribution is -2.09. The van der Waals surface area contributed by atoms with E-state index in [4.69, 9.17) is 10.5 Å². The van der Waals surface area contributed by atoms with Gasteiger partial charge in [-0.3, -0.25) is 4.40 Å². The molecule has 3 rings (SSSR count). The molecule has 1 aromatic carbocycles. The number of hydrogen-bond acceptors (Lipinski definition) is 6. The number of nitrogens with one attached hydrogen (secondary N) is 1. The molecule has 0 saturated heterocycles. The van der Waals surface area contributed by atoms with Crippen LogP contribution in [-0.2, 0) is 6.42 Å². The van der Waals surface area contributed by atoms with Crippen molar-refractivity contribution in [2.45, 2.75) is 26.7 Å². The highest BCUT2D eigenvalue weighted by molar-refractivity contribution is 5.53. The summed E-state index contributed by atoms with van der Waals surface area (Å²) in [4.78, 5) is 4.30. The molecule has 0 bridgehead atoms. The number of nitrogen functional groups attached to an aromatic ring is 1. The summed E-state index contributed by atoms with van der Waals surface area (Å²) in [5.74, 6) is 2.65. The van der Waals surface area contributed by atoms with Crippen LogP contribution in [0.5, 0.6) is 5.75 Å². The standard InChI is InChI=1S/C18H24N6O/c1-13(2)8-10-25-15-5-3-14(4-6-15)7-9-20-16-11-17-23-21-12-24(17)18(19)22-16/h3-6,11-13,20H,7-10H2,1-2H3,(H2,19,22). The number of ether oxygens (including phenoxy) is 1. The van der Waals surface area contributed by atoms with Gasteiger partial charge in [-0.2, -0.15) is 4.98 Å². The Labute approximate surface area is 147 Å². The van der Waals surface area contributed by atoms with Crippen LogP contribution in [0.25, 0.3) is 5.65 Å². The number of benzene rings is 1. The summed E-state index contributed by atoms with van der Waals surface area (Å²) in [5.41, 5.74) is 7.79. The largest absolute Gasteiger partial charge is 0.494 e. The maximum atomic E-state index is 5.88. The number of anilines is 2. The molecule has 0 fully saturated rings. The van der Waals surface area contributed by atoms with E-state index in [1.165, 1.54) is 5.56 Å². The number of nitrogens with two attached hydrogens (primary N) is 1. The van der Waals surface area contributed by atoms with Crippen molar-refractivity contribution in [2.24, 2.45) is 5.92 Å². The molecule has 3 N–H and O–H groups in total. The third-order valence-corrected chi connectivity index (χ3v) is 3.93. The highest BCUT2D eigenvalue weighted by atomic mass is 16.5. The lowest BCUT2D eigenvalue weighted by molar-refractivity contribution is 0.289. The van der Waals surface area contributed by atoms with Crippen molar-refractivity contribution in [1.82, 2.24) is 19.6 Å². The second kappa shape index (κ2) is 7.83. The van der Waals surface area contributed by atoms with E-state index in [-0.39, 0.29) is 0 Å². The maximum absolute atomic E-state index is 5.88. The lowest BCUT2D eigenvalue weighted by atomic mass is 10.1. The summed E-state index contributed by atoms with van der Waals surface area (Å²) in [7, 11) is 0. The topological polar surface area (TPSA) is 90.4 Å². The number of fused-ring (bicyclic) bond motifs is 1. The zero-order chi connectivity index (χ0) is 17.6. The van der Waals surface area contributed by atoms with Gasteiger partial charge in [-0.25, -0.2) is 0 Å². The van der Waals surface area contributed by atoms with Crippen LogP contribution in [-0.4, -0.2) is 32.7 Å². The van der Waals surface area contributed by atoms with E-state index in [9.17, 15) is 0 Å². The summed E-state index contributed by atoms with van der Waals surface area (Å²) in [5, 5.41) is 11.1. The van der Waals surface area contributed by atoms with E-state index in [0.717, 1.165) is 31.7 Å². The Hall–Kier alpha value is -2.83. The van der Waals surface area contributed by atoms with Gasteiger partial charge in [0.25, 0.3) is 0 Å². The molecule has 0 unspecified atom stereocenters. The predicted molar refractivity (Wildman–Crippen MR) is 98.8 cm³/mol. The summed E-state index contributed by atoms with van der Waals surface area (Å²) < 4.78 is 7.38. The number of nitrogens with zero attached hydrogens (tertiary/aromatic N) is 4. The molecule has 7 heteroatoms. The summed E-state index contributed by atoms with van der Waals surface area (Å²) in [6.45, 7) is 5.91. The Bertz CT molecular complexity index is 812. The van der Waals surface area contributed by atoms with Crippen molar-refractivity contribution in [1.29, 1.82) is 0 Å². The predicted octanol–water partition coefficient (Wildman–Crippen LogP) is 2.79. The van der Waals surface area contributed by atoms with Gasteiger partial charge in [-0.15, -0.1) is 10.2 Å². The van der Waals surface area contributed by atoms with Gasteiger partial charge in [0.2, 0.25) is 5.95 Å². The van der Waals surface area contributed by atoms with Crippen LogP contribution in [0.3, 0.4) is 0 Å². The monoisotopic (exact) mass is 340 g/mol. The quantitative estimate of drug-likeness (QED) is 0.655. The van der Waals surface area contributed by atoms with Crippen LogP contribution in [0.15, 0.2) is 36.7 Å². The van der Waals surface area contributed by atoms with E-state index < -0.39 is 0 Å². The van der Waals surface area contributed by atoms with Crippen molar-refractivity contribution in [2.75, 3.05) is 24.2 Å². The third-order valence-electron chi connectivity index (χ3n) is 3.93. The number of hydrogen-bond donors (Lipinski definition) is 2. The zero-order valence-corrected chi connectivity index (χ0v) is 14.6. The molecule has 25 heavy (non-hydrogen) atoms. The van der Waals surface area contributed by atoms with Gasteiger partial charge in [0, 0.05) is 12.6 Å². The van der Waals surface area contributed by atoms with Crippen LogP contribution in [0, 0.1) is 5.92 Å². The minimum absolute atomic E-state index is 0.368. The summed E-state index contributed by atoms with van der Waals surface area (Å²) in [6, 6.07) is 10.1. The Morgan fingerprint density at radius 3 is 2.80 bits per heavy atom. The number of aromatic nitrogens is 4. The molecule has 7 nitrogen and oxygen atoms in total. The van der Waals surface area contributed by atoms with Crippen molar-refractivity contribution >= 4 is 17.4 Å². The first-order valence-corrected chi connectivity index (χ1v) is 8.53. The Morgan fingerprint density at radius 2 is 2.04 bits per heavy atom. The molecule has 0 amide bonds. The fourth-order valence-electron chi connectivity index (χ4n) is 2.44. The van der Waals surface area contributed by atoms with Crippen molar-refractivity contribution in [3.05, 3.63) is 42.2 Å². The van der Waals surface area contributed by atoms with Gasteiger partial charge in [0.15, 0.2) is 5.65 Å². The minimum atomic E-state index is 0.368. The molecule has 0 spiro atoms. The van der Waals surface area contributed by atoms with Gasteiger partial charge in [0.05, 0.1) is 6.61 Å². The van der Waals surface area contributed by atoms with Crippen LogP contribution < -0.4 is 15.8 Å². The van der Waals surface area contributed by atoms with E-state index >= 15 is 0 Å². The first-order chi connectivity index (χ1) is 12.1. The van der Waals surface area contributed by atoms with Crippen LogP contribution in [0.2, 0.25) is 0 Å². The van der Waals surface area contributed by atoms with Gasteiger partial charge >= 0.3 is 0 Å². The Morgan fingerprint density at radius 1 is 1.24 bits per heavy atom. The van der Waals surface area contributed by atoms with E-state index in [2.05, 4.69) is 46.5 Å². The summed E-state index contributed by atoms with van der Waals surface area (Å²) in [6.07, 6.45) is 3.50. The molecule has 0 radical (unpaired) electrons. The fourth-order valence-corrected chi connectivity index (χ4v) is 2.44. The molecule has 0 aliphatic rings. The van der Waals surface area contributed by atoms with E-state index in [1.54, 1.807) is 10.7 Å². The molecular weight excluding hydrogens is 316 g/mol. The smallest absolute Gasteiger partial charge is 0.209 e. The SMILES string of the molecule is CC(C)CCOc1ccc(CCNc2cc3nncn3c(N)n2)cc1. The van der Waals surface area contributed by atoms with Gasteiger partial charge in [-0.05, 0) is 36.5 Å². The first kappa shape index (κ1) is 17.0. The third kappa shape index (κ3) is 4.59. The number of rotatable bonds is 8. The molecular formula is C18H24N6O.